The maximum absolute atomic E-state index is 8.93. The van der Waals surface area contributed by atoms with Gasteiger partial charge in [-0.25, -0.2) is 0 Å². The summed E-state index contributed by atoms with van der Waals surface area (Å²) in [6.45, 7) is 1.70. The molecule has 0 saturated heterocycles. The molecular formula is C17H18N2O. The first-order valence-corrected chi connectivity index (χ1v) is 6.65. The summed E-state index contributed by atoms with van der Waals surface area (Å²) in [4.78, 5) is 0. The molecule has 0 bridgehead atoms. The Hall–Kier alpha value is -2.31. The van der Waals surface area contributed by atoms with Crippen LogP contribution in [0.25, 0.3) is 0 Å². The lowest BCUT2D eigenvalue weighted by Crippen LogP contribution is -2.16. The fraction of sp³-hybridized carbons (Fsp3) is 0.235. The second kappa shape index (κ2) is 7.32. The van der Waals surface area contributed by atoms with Gasteiger partial charge in [0.2, 0.25) is 0 Å². The molecule has 0 saturated carbocycles. The van der Waals surface area contributed by atoms with Crippen molar-refractivity contribution >= 4 is 0 Å². The van der Waals surface area contributed by atoms with Gasteiger partial charge in [-0.2, -0.15) is 5.26 Å². The molecule has 1 N–H and O–H groups in total. The number of hydrogen-bond acceptors (Lipinski definition) is 3. The van der Waals surface area contributed by atoms with Crippen molar-refractivity contribution in [3.63, 3.8) is 0 Å². The zero-order valence-electron chi connectivity index (χ0n) is 11.6. The van der Waals surface area contributed by atoms with Crippen molar-refractivity contribution in [3.05, 3.63) is 65.2 Å². The molecule has 2 aromatic carbocycles. The molecule has 0 aliphatic carbocycles. The Morgan fingerprint density at radius 1 is 1.10 bits per heavy atom. The van der Waals surface area contributed by atoms with Crippen LogP contribution in [0.4, 0.5) is 0 Å². The number of nitrogens with one attached hydrogen (secondary N) is 1. The van der Waals surface area contributed by atoms with Crippen molar-refractivity contribution < 1.29 is 4.74 Å². The molecule has 2 aromatic rings. The lowest BCUT2D eigenvalue weighted by atomic mass is 10.1. The Balaban J connectivity index is 1.84. The summed E-state index contributed by atoms with van der Waals surface area (Å²) in [5, 5.41) is 12.3. The van der Waals surface area contributed by atoms with Crippen molar-refractivity contribution in [2.45, 2.75) is 13.0 Å². The van der Waals surface area contributed by atoms with Gasteiger partial charge in [0.1, 0.15) is 11.8 Å². The molecule has 102 valence electrons. The minimum Gasteiger partial charge on any atom is -0.495 e. The van der Waals surface area contributed by atoms with Gasteiger partial charge >= 0.3 is 0 Å². The Morgan fingerprint density at radius 3 is 2.60 bits per heavy atom. The van der Waals surface area contributed by atoms with Crippen LogP contribution < -0.4 is 10.1 Å². The smallest absolute Gasteiger partial charge is 0.136 e. The molecule has 0 amide bonds. The Labute approximate surface area is 119 Å². The average Bonchev–Trinajstić information content (AvgIpc) is 2.52. The lowest BCUT2D eigenvalue weighted by molar-refractivity contribution is 0.412. The standard InChI is InChI=1S/C17H18N2O/c1-20-17-11-15(7-8-16(17)12-18)13-19-10-9-14-5-3-2-4-6-14/h2-8,11,19H,9-10,13H2,1H3. The number of methoxy groups -OCH3 is 1. The van der Waals surface area contributed by atoms with Gasteiger partial charge in [0.05, 0.1) is 12.7 Å². The number of benzene rings is 2. The Kier molecular flexibility index (Phi) is 5.16. The summed E-state index contributed by atoms with van der Waals surface area (Å²) >= 11 is 0. The number of ether oxygens (including phenoxy) is 1. The summed E-state index contributed by atoms with van der Waals surface area (Å²) < 4.78 is 5.20. The van der Waals surface area contributed by atoms with Crippen LogP contribution in [-0.2, 0) is 13.0 Å². The van der Waals surface area contributed by atoms with E-state index in [2.05, 4.69) is 35.7 Å². The van der Waals surface area contributed by atoms with Crippen molar-refractivity contribution in [2.75, 3.05) is 13.7 Å². The molecule has 0 aliphatic rings. The molecule has 0 aliphatic heterocycles. The highest BCUT2D eigenvalue weighted by atomic mass is 16.5. The molecule has 20 heavy (non-hydrogen) atoms. The number of hydrogen-bond donors (Lipinski definition) is 1. The van der Waals surface area contributed by atoms with E-state index in [1.54, 1.807) is 13.2 Å². The summed E-state index contributed by atoms with van der Waals surface area (Å²) in [7, 11) is 1.59. The van der Waals surface area contributed by atoms with E-state index in [1.165, 1.54) is 5.56 Å². The predicted molar refractivity (Wildman–Crippen MR) is 79.6 cm³/mol. The fourth-order valence-corrected chi connectivity index (χ4v) is 2.05. The molecule has 2 rings (SSSR count). The second-order valence-electron chi connectivity index (χ2n) is 4.56. The summed E-state index contributed by atoms with van der Waals surface area (Å²) in [5.74, 6) is 0.634. The average molecular weight is 266 g/mol. The zero-order chi connectivity index (χ0) is 14.2. The zero-order valence-corrected chi connectivity index (χ0v) is 11.6. The monoisotopic (exact) mass is 266 g/mol. The molecule has 0 atom stereocenters. The highest BCUT2D eigenvalue weighted by molar-refractivity contribution is 5.45. The van der Waals surface area contributed by atoms with Crippen LogP contribution in [-0.4, -0.2) is 13.7 Å². The Bertz CT molecular complexity index is 588. The van der Waals surface area contributed by atoms with E-state index in [-0.39, 0.29) is 0 Å². The molecule has 0 unspecified atom stereocenters. The third kappa shape index (κ3) is 3.84. The molecule has 0 heterocycles. The molecular weight excluding hydrogens is 248 g/mol. The second-order valence-corrected chi connectivity index (χ2v) is 4.56. The normalized spacial score (nSPS) is 10.0. The summed E-state index contributed by atoms with van der Waals surface area (Å²) in [5.41, 5.74) is 3.02. The van der Waals surface area contributed by atoms with Crippen molar-refractivity contribution in [1.82, 2.24) is 5.32 Å². The summed E-state index contributed by atoms with van der Waals surface area (Å²) in [6.07, 6.45) is 1.01. The van der Waals surface area contributed by atoms with Crippen molar-refractivity contribution in [2.24, 2.45) is 0 Å². The molecule has 0 fully saturated rings. The third-order valence-electron chi connectivity index (χ3n) is 3.15. The van der Waals surface area contributed by atoms with E-state index >= 15 is 0 Å². The number of nitrogens with zero attached hydrogens (tertiary/aromatic N) is 1. The van der Waals surface area contributed by atoms with E-state index in [4.69, 9.17) is 10.00 Å². The van der Waals surface area contributed by atoms with E-state index in [1.807, 2.05) is 18.2 Å². The largest absolute Gasteiger partial charge is 0.495 e. The van der Waals surface area contributed by atoms with Crippen LogP contribution in [0.5, 0.6) is 5.75 Å². The maximum Gasteiger partial charge on any atom is 0.136 e. The molecule has 0 radical (unpaired) electrons. The number of nitriles is 1. The molecule has 3 heteroatoms. The van der Waals surface area contributed by atoms with Gasteiger partial charge in [0, 0.05) is 6.54 Å². The first-order chi connectivity index (χ1) is 9.83. The first kappa shape index (κ1) is 14.1. The van der Waals surface area contributed by atoms with Gasteiger partial charge in [-0.1, -0.05) is 36.4 Å². The van der Waals surface area contributed by atoms with Gasteiger partial charge in [0.25, 0.3) is 0 Å². The van der Waals surface area contributed by atoms with Gasteiger partial charge in [-0.05, 0) is 36.2 Å². The highest BCUT2D eigenvalue weighted by Gasteiger charge is 2.03. The SMILES string of the molecule is COc1cc(CNCCc2ccccc2)ccc1C#N. The topological polar surface area (TPSA) is 45.0 Å². The minimum atomic E-state index is 0.570. The third-order valence-corrected chi connectivity index (χ3v) is 3.15. The quantitative estimate of drug-likeness (QED) is 0.818. The van der Waals surface area contributed by atoms with Gasteiger partial charge in [-0.15, -0.1) is 0 Å². The maximum atomic E-state index is 8.93. The van der Waals surface area contributed by atoms with E-state index in [9.17, 15) is 0 Å². The molecule has 0 aromatic heterocycles. The lowest BCUT2D eigenvalue weighted by Gasteiger charge is -2.08. The Morgan fingerprint density at radius 2 is 1.90 bits per heavy atom. The summed E-state index contributed by atoms with van der Waals surface area (Å²) in [6, 6.07) is 18.2. The van der Waals surface area contributed by atoms with Crippen LogP contribution >= 0.6 is 0 Å². The van der Waals surface area contributed by atoms with Gasteiger partial charge in [-0.3, -0.25) is 0 Å². The van der Waals surface area contributed by atoms with Gasteiger partial charge in [0.15, 0.2) is 0 Å². The van der Waals surface area contributed by atoms with Crippen LogP contribution in [0.1, 0.15) is 16.7 Å². The van der Waals surface area contributed by atoms with E-state index in [0.29, 0.717) is 11.3 Å². The van der Waals surface area contributed by atoms with Gasteiger partial charge < -0.3 is 10.1 Å². The van der Waals surface area contributed by atoms with Crippen LogP contribution in [0.15, 0.2) is 48.5 Å². The molecule has 3 nitrogen and oxygen atoms in total. The van der Waals surface area contributed by atoms with Crippen molar-refractivity contribution in [3.8, 4) is 11.8 Å². The van der Waals surface area contributed by atoms with Crippen LogP contribution in [0.3, 0.4) is 0 Å². The first-order valence-electron chi connectivity index (χ1n) is 6.65. The highest BCUT2D eigenvalue weighted by Crippen LogP contribution is 2.19. The minimum absolute atomic E-state index is 0.570. The molecule has 0 spiro atoms. The van der Waals surface area contributed by atoms with E-state index < -0.39 is 0 Å². The number of rotatable bonds is 6. The van der Waals surface area contributed by atoms with E-state index in [0.717, 1.165) is 25.1 Å². The van der Waals surface area contributed by atoms with Crippen LogP contribution in [0, 0.1) is 11.3 Å². The fourth-order valence-electron chi connectivity index (χ4n) is 2.05. The van der Waals surface area contributed by atoms with Crippen molar-refractivity contribution in [1.29, 1.82) is 5.26 Å². The predicted octanol–water partition coefficient (Wildman–Crippen LogP) is 2.90. The van der Waals surface area contributed by atoms with Crippen LogP contribution in [0.2, 0.25) is 0 Å².